The zero-order valence-corrected chi connectivity index (χ0v) is 10.9. The smallest absolute Gasteiger partial charge is 0.126 e. The molecule has 1 atom stereocenters. The van der Waals surface area contributed by atoms with Crippen LogP contribution in [-0.4, -0.2) is 6.04 Å². The van der Waals surface area contributed by atoms with Gasteiger partial charge in [0, 0.05) is 12.1 Å². The summed E-state index contributed by atoms with van der Waals surface area (Å²) in [7, 11) is 0. The van der Waals surface area contributed by atoms with Crippen molar-refractivity contribution in [3.8, 4) is 0 Å². The summed E-state index contributed by atoms with van der Waals surface area (Å²) in [6, 6.07) is 11.4. The van der Waals surface area contributed by atoms with Gasteiger partial charge in [-0.3, -0.25) is 0 Å². The van der Waals surface area contributed by atoms with Crippen LogP contribution in [0, 0.1) is 18.6 Å². The largest absolute Gasteiger partial charge is 0.327 e. The molecular formula is C16H17F2N. The van der Waals surface area contributed by atoms with E-state index >= 15 is 0 Å². The number of hydrogen-bond acceptors (Lipinski definition) is 1. The molecule has 2 rings (SSSR count). The van der Waals surface area contributed by atoms with Gasteiger partial charge in [-0.2, -0.15) is 0 Å². The van der Waals surface area contributed by atoms with Gasteiger partial charge in [0.05, 0.1) is 0 Å². The van der Waals surface area contributed by atoms with Crippen LogP contribution in [0.25, 0.3) is 0 Å². The van der Waals surface area contributed by atoms with Gasteiger partial charge >= 0.3 is 0 Å². The molecule has 0 bridgehead atoms. The summed E-state index contributed by atoms with van der Waals surface area (Å²) in [4.78, 5) is 0. The molecule has 19 heavy (non-hydrogen) atoms. The first-order chi connectivity index (χ1) is 9.04. The van der Waals surface area contributed by atoms with E-state index in [2.05, 4.69) is 0 Å². The Morgan fingerprint density at radius 1 is 1.00 bits per heavy atom. The van der Waals surface area contributed by atoms with Crippen molar-refractivity contribution < 1.29 is 8.78 Å². The fraction of sp³-hybridized carbons (Fsp3) is 0.250. The Morgan fingerprint density at radius 3 is 2.26 bits per heavy atom. The van der Waals surface area contributed by atoms with Gasteiger partial charge in [0.2, 0.25) is 0 Å². The maximum Gasteiger partial charge on any atom is 0.126 e. The van der Waals surface area contributed by atoms with E-state index < -0.39 is 11.6 Å². The highest BCUT2D eigenvalue weighted by Gasteiger charge is 2.09. The highest BCUT2D eigenvalue weighted by atomic mass is 19.1. The topological polar surface area (TPSA) is 26.0 Å². The Hall–Kier alpha value is -1.74. The quantitative estimate of drug-likeness (QED) is 0.897. The fourth-order valence-electron chi connectivity index (χ4n) is 2.23. The lowest BCUT2D eigenvalue weighted by Gasteiger charge is -2.13. The molecule has 2 aromatic carbocycles. The number of hydrogen-bond donors (Lipinski definition) is 1. The summed E-state index contributed by atoms with van der Waals surface area (Å²) < 4.78 is 26.2. The molecule has 0 radical (unpaired) electrons. The van der Waals surface area contributed by atoms with E-state index in [0.29, 0.717) is 18.4 Å². The summed E-state index contributed by atoms with van der Waals surface area (Å²) in [6.45, 7) is 2.03. The summed E-state index contributed by atoms with van der Waals surface area (Å²) >= 11 is 0. The molecule has 0 saturated heterocycles. The molecule has 0 aliphatic heterocycles. The second kappa shape index (κ2) is 5.93. The maximum absolute atomic E-state index is 13.1. The summed E-state index contributed by atoms with van der Waals surface area (Å²) in [5.74, 6) is -1.11. The number of benzene rings is 2. The summed E-state index contributed by atoms with van der Waals surface area (Å²) in [5, 5.41) is 0. The van der Waals surface area contributed by atoms with Crippen LogP contribution in [0.1, 0.15) is 16.7 Å². The average molecular weight is 261 g/mol. The van der Waals surface area contributed by atoms with Crippen molar-refractivity contribution in [2.24, 2.45) is 5.73 Å². The lowest BCUT2D eigenvalue weighted by molar-refractivity contribution is 0.574. The predicted molar refractivity (Wildman–Crippen MR) is 72.9 cm³/mol. The van der Waals surface area contributed by atoms with Crippen LogP contribution in [-0.2, 0) is 12.8 Å². The van der Waals surface area contributed by atoms with E-state index in [1.165, 1.54) is 23.3 Å². The van der Waals surface area contributed by atoms with Crippen molar-refractivity contribution in [3.63, 3.8) is 0 Å². The summed E-state index contributed by atoms with van der Waals surface area (Å²) in [5.41, 5.74) is 9.01. The Balaban J connectivity index is 2.05. The minimum atomic E-state index is -0.557. The van der Waals surface area contributed by atoms with Crippen molar-refractivity contribution in [2.45, 2.75) is 25.8 Å². The molecule has 0 aliphatic carbocycles. The second-order valence-electron chi connectivity index (χ2n) is 4.87. The van der Waals surface area contributed by atoms with E-state index in [1.54, 1.807) is 0 Å². The lowest BCUT2D eigenvalue weighted by Crippen LogP contribution is -2.26. The standard InChI is InChI=1S/C16H17F2N/c1-11-4-2-3-5-13(11)9-16(19)8-12-6-14(17)10-15(18)7-12/h2-7,10,16H,8-9,19H2,1H3. The van der Waals surface area contributed by atoms with Crippen molar-refractivity contribution >= 4 is 0 Å². The molecule has 2 aromatic rings. The van der Waals surface area contributed by atoms with Crippen molar-refractivity contribution in [1.29, 1.82) is 0 Å². The number of halogens is 2. The predicted octanol–water partition coefficient (Wildman–Crippen LogP) is 3.39. The third-order valence-corrected chi connectivity index (χ3v) is 3.16. The van der Waals surface area contributed by atoms with Gasteiger partial charge in [0.25, 0.3) is 0 Å². The third-order valence-electron chi connectivity index (χ3n) is 3.16. The molecular weight excluding hydrogens is 244 g/mol. The molecule has 0 saturated carbocycles. The van der Waals surface area contributed by atoms with Gasteiger partial charge in [-0.05, 0) is 48.6 Å². The normalized spacial score (nSPS) is 12.4. The lowest BCUT2D eigenvalue weighted by atomic mass is 9.97. The monoisotopic (exact) mass is 261 g/mol. The molecule has 0 spiro atoms. The second-order valence-corrected chi connectivity index (χ2v) is 4.87. The third kappa shape index (κ3) is 3.86. The molecule has 1 unspecified atom stereocenters. The first-order valence-corrected chi connectivity index (χ1v) is 6.29. The van der Waals surface area contributed by atoms with Crippen LogP contribution in [0.5, 0.6) is 0 Å². The van der Waals surface area contributed by atoms with Gasteiger partial charge in [-0.1, -0.05) is 24.3 Å². The van der Waals surface area contributed by atoms with Gasteiger partial charge in [0.15, 0.2) is 0 Å². The summed E-state index contributed by atoms with van der Waals surface area (Å²) in [6.07, 6.45) is 1.16. The minimum Gasteiger partial charge on any atom is -0.327 e. The molecule has 1 nitrogen and oxygen atoms in total. The molecule has 0 heterocycles. The van der Waals surface area contributed by atoms with Gasteiger partial charge in [0.1, 0.15) is 11.6 Å². The molecule has 0 aliphatic rings. The van der Waals surface area contributed by atoms with Crippen molar-refractivity contribution in [3.05, 3.63) is 70.8 Å². The zero-order valence-electron chi connectivity index (χ0n) is 10.9. The van der Waals surface area contributed by atoms with Gasteiger partial charge in [-0.25, -0.2) is 8.78 Å². The van der Waals surface area contributed by atoms with Crippen LogP contribution in [0.4, 0.5) is 8.78 Å². The van der Waals surface area contributed by atoms with Crippen LogP contribution < -0.4 is 5.73 Å². The van der Waals surface area contributed by atoms with E-state index in [9.17, 15) is 8.78 Å². The Labute approximate surface area is 112 Å². The number of nitrogens with two attached hydrogens (primary N) is 1. The van der Waals surface area contributed by atoms with E-state index in [0.717, 1.165) is 6.07 Å². The zero-order chi connectivity index (χ0) is 13.8. The van der Waals surface area contributed by atoms with E-state index in [-0.39, 0.29) is 6.04 Å². The fourth-order valence-corrected chi connectivity index (χ4v) is 2.23. The Kier molecular flexibility index (Phi) is 4.27. The first kappa shape index (κ1) is 13.7. The molecule has 2 N–H and O–H groups in total. The van der Waals surface area contributed by atoms with Crippen LogP contribution in [0.3, 0.4) is 0 Å². The van der Waals surface area contributed by atoms with Crippen LogP contribution in [0.15, 0.2) is 42.5 Å². The number of rotatable bonds is 4. The Morgan fingerprint density at radius 2 is 1.63 bits per heavy atom. The SMILES string of the molecule is Cc1ccccc1CC(N)Cc1cc(F)cc(F)c1. The average Bonchev–Trinajstić information content (AvgIpc) is 2.30. The first-order valence-electron chi connectivity index (χ1n) is 6.29. The van der Waals surface area contributed by atoms with Crippen LogP contribution in [0.2, 0.25) is 0 Å². The van der Waals surface area contributed by atoms with Gasteiger partial charge in [-0.15, -0.1) is 0 Å². The highest BCUT2D eigenvalue weighted by molar-refractivity contribution is 5.27. The molecule has 0 amide bonds. The van der Waals surface area contributed by atoms with E-state index in [1.807, 2.05) is 31.2 Å². The highest BCUT2D eigenvalue weighted by Crippen LogP contribution is 2.13. The molecule has 3 heteroatoms. The van der Waals surface area contributed by atoms with Crippen molar-refractivity contribution in [2.75, 3.05) is 0 Å². The molecule has 0 aromatic heterocycles. The number of aryl methyl sites for hydroxylation is 1. The molecule has 0 fully saturated rings. The van der Waals surface area contributed by atoms with Crippen molar-refractivity contribution in [1.82, 2.24) is 0 Å². The molecule has 100 valence electrons. The Bertz CT molecular complexity index is 546. The maximum atomic E-state index is 13.1. The van der Waals surface area contributed by atoms with Gasteiger partial charge < -0.3 is 5.73 Å². The minimum absolute atomic E-state index is 0.151. The van der Waals surface area contributed by atoms with E-state index in [4.69, 9.17) is 5.73 Å². The van der Waals surface area contributed by atoms with Crippen LogP contribution >= 0.6 is 0 Å².